The minimum atomic E-state index is 0. The van der Waals surface area contributed by atoms with Crippen molar-refractivity contribution in [2.45, 2.75) is 0 Å². The van der Waals surface area contributed by atoms with Gasteiger partial charge in [0, 0.05) is 39.0 Å². The zero-order valence-corrected chi connectivity index (χ0v) is 8.54. The second-order valence-corrected chi connectivity index (χ2v) is 1.14. The number of hydrogen-bond donors (Lipinski definition) is 1. The number of rotatable bonds is 0. The molecule has 1 aromatic rings. The number of nitrogens with two attached hydrogens (primary N) is 1. The van der Waals surface area contributed by atoms with E-state index in [9.17, 15) is 0 Å². The fraction of sp³-hybridized carbons (Fsp3) is 0.400. The minimum Gasteiger partial charge on any atom is -0.457 e. The van der Waals surface area contributed by atoms with Crippen LogP contribution in [0.1, 0.15) is 0 Å². The van der Waals surface area contributed by atoms with Crippen molar-refractivity contribution in [3.05, 3.63) is 18.7 Å². The molecule has 1 heterocycles. The maximum atomic E-state index is 4.50. The Hall–Kier alpha value is 0.274. The summed E-state index contributed by atoms with van der Waals surface area (Å²) in [4.78, 5) is 3.66. The Morgan fingerprint density at radius 1 is 1.56 bits per heavy atom. The average molecular weight is 201 g/mol. The summed E-state index contributed by atoms with van der Waals surface area (Å²) in [5.74, 6) is 0. The van der Waals surface area contributed by atoms with E-state index in [0.29, 0.717) is 0 Å². The van der Waals surface area contributed by atoms with Gasteiger partial charge >= 0.3 is 0 Å². The molecule has 49 valence electrons. The van der Waals surface area contributed by atoms with E-state index in [1.54, 1.807) is 10.8 Å². The van der Waals surface area contributed by atoms with E-state index in [1.165, 1.54) is 7.05 Å². The first-order chi connectivity index (χ1) is 3.89. The van der Waals surface area contributed by atoms with Crippen LogP contribution in [-0.2, 0) is 39.8 Å². The monoisotopic (exact) mass is 201 g/mol. The smallest absolute Gasteiger partial charge is 0.000183 e. The molecule has 2 N–H and O–H groups in total. The normalized spacial score (nSPS) is 6.56. The van der Waals surface area contributed by atoms with Crippen molar-refractivity contribution < 1.29 is 32.7 Å². The van der Waals surface area contributed by atoms with Crippen molar-refractivity contribution in [1.29, 1.82) is 0 Å². The number of imidazole rings is 1. The van der Waals surface area contributed by atoms with Gasteiger partial charge in [-0.05, 0) is 14.1 Å². The second kappa shape index (κ2) is 8.27. The van der Waals surface area contributed by atoms with Crippen molar-refractivity contribution in [3.8, 4) is 0 Å². The largest absolute Gasteiger partial charge is 0.457 e. The SMILES string of the molecule is CN.Cn1[c-]ncc1.[Y]. The van der Waals surface area contributed by atoms with Crippen molar-refractivity contribution >= 4 is 0 Å². The van der Waals surface area contributed by atoms with Crippen LogP contribution in [0.25, 0.3) is 0 Å². The maximum absolute atomic E-state index is 4.50. The number of hydrogen-bond acceptors (Lipinski definition) is 2. The molecule has 3 nitrogen and oxygen atoms in total. The van der Waals surface area contributed by atoms with Gasteiger partial charge in [-0.3, -0.25) is 0 Å². The summed E-state index contributed by atoms with van der Waals surface area (Å²) in [7, 11) is 3.38. The van der Waals surface area contributed by atoms with Crippen LogP contribution in [0.4, 0.5) is 0 Å². The fourth-order valence-electron chi connectivity index (χ4n) is 0.291. The van der Waals surface area contributed by atoms with Gasteiger partial charge in [0.05, 0.1) is 0 Å². The first-order valence-electron chi connectivity index (χ1n) is 2.32. The van der Waals surface area contributed by atoms with E-state index in [4.69, 9.17) is 0 Å². The molecule has 1 rings (SSSR count). The zero-order chi connectivity index (χ0) is 6.41. The summed E-state index contributed by atoms with van der Waals surface area (Å²) >= 11 is 0. The van der Waals surface area contributed by atoms with Gasteiger partial charge in [-0.15, -0.1) is 12.4 Å². The summed E-state index contributed by atoms with van der Waals surface area (Å²) in [5.41, 5.74) is 4.50. The van der Waals surface area contributed by atoms with Crippen LogP contribution in [0.15, 0.2) is 12.4 Å². The predicted octanol–water partition coefficient (Wildman–Crippen LogP) is -0.207. The average Bonchev–Trinajstić information content (AvgIpc) is 2.24. The van der Waals surface area contributed by atoms with Gasteiger partial charge in [0.25, 0.3) is 0 Å². The van der Waals surface area contributed by atoms with E-state index in [2.05, 4.69) is 17.0 Å². The van der Waals surface area contributed by atoms with E-state index < -0.39 is 0 Å². The molecule has 0 fully saturated rings. The van der Waals surface area contributed by atoms with Crippen molar-refractivity contribution in [2.24, 2.45) is 12.8 Å². The Morgan fingerprint density at radius 3 is 2.22 bits per heavy atom. The second-order valence-electron chi connectivity index (χ2n) is 1.14. The molecule has 0 saturated heterocycles. The van der Waals surface area contributed by atoms with Crippen LogP contribution in [-0.4, -0.2) is 16.6 Å². The number of nitrogens with zero attached hydrogens (tertiary/aromatic N) is 2. The zero-order valence-electron chi connectivity index (χ0n) is 5.70. The van der Waals surface area contributed by atoms with Crippen LogP contribution in [0.2, 0.25) is 0 Å². The van der Waals surface area contributed by atoms with E-state index in [1.807, 2.05) is 13.2 Å². The molecule has 0 aliphatic carbocycles. The molecule has 1 aromatic heterocycles. The molecule has 0 atom stereocenters. The van der Waals surface area contributed by atoms with Crippen LogP contribution in [0.5, 0.6) is 0 Å². The molecule has 9 heavy (non-hydrogen) atoms. The Labute approximate surface area is 80.5 Å². The molecule has 0 aliphatic rings. The van der Waals surface area contributed by atoms with Crippen LogP contribution >= 0.6 is 0 Å². The molecule has 0 amide bonds. The predicted molar refractivity (Wildman–Crippen MR) is 32.2 cm³/mol. The van der Waals surface area contributed by atoms with Crippen LogP contribution in [0.3, 0.4) is 0 Å². The standard InChI is InChI=1S/C4H5N2.CH5N.Y/c1-6-3-2-5-4-6;1-2;/h2-3H,1H3;2H2,1H3;/q-1;;. The first kappa shape index (κ1) is 12.0. The van der Waals surface area contributed by atoms with Gasteiger partial charge in [0.2, 0.25) is 0 Å². The molecular weight excluding hydrogens is 191 g/mol. The molecule has 0 bridgehead atoms. The van der Waals surface area contributed by atoms with Gasteiger partial charge in [0.1, 0.15) is 0 Å². The number of aromatic nitrogens is 2. The van der Waals surface area contributed by atoms with Crippen molar-refractivity contribution in [2.75, 3.05) is 7.05 Å². The quantitative estimate of drug-likeness (QED) is 0.590. The summed E-state index contributed by atoms with van der Waals surface area (Å²) in [5, 5.41) is 0. The van der Waals surface area contributed by atoms with E-state index in [0.717, 1.165) is 0 Å². The summed E-state index contributed by atoms with van der Waals surface area (Å²) in [6.07, 6.45) is 6.19. The van der Waals surface area contributed by atoms with Gasteiger partial charge < -0.3 is 15.3 Å². The van der Waals surface area contributed by atoms with Gasteiger partial charge in [0.15, 0.2) is 0 Å². The van der Waals surface area contributed by atoms with Crippen LogP contribution < -0.4 is 5.73 Å². The van der Waals surface area contributed by atoms with Gasteiger partial charge in [-0.2, -0.15) is 0 Å². The number of aryl methyl sites for hydroxylation is 1. The van der Waals surface area contributed by atoms with E-state index in [-0.39, 0.29) is 32.7 Å². The molecule has 0 spiro atoms. The summed E-state index contributed by atoms with van der Waals surface area (Å²) in [6.45, 7) is 0. The fourth-order valence-corrected chi connectivity index (χ4v) is 0.291. The third-order valence-corrected chi connectivity index (χ3v) is 0.580. The minimum absolute atomic E-state index is 0. The van der Waals surface area contributed by atoms with Crippen molar-refractivity contribution in [1.82, 2.24) is 9.55 Å². The molecular formula is C5H10N3Y-. The van der Waals surface area contributed by atoms with E-state index >= 15 is 0 Å². The topological polar surface area (TPSA) is 43.8 Å². The Kier molecular flexibility index (Phi) is 11.0. The Balaban J connectivity index is 0. The maximum Gasteiger partial charge on any atom is 0.000183 e. The summed E-state index contributed by atoms with van der Waals surface area (Å²) < 4.78 is 1.76. The third-order valence-electron chi connectivity index (χ3n) is 0.580. The molecule has 0 aromatic carbocycles. The van der Waals surface area contributed by atoms with Gasteiger partial charge in [-0.25, -0.2) is 0 Å². The van der Waals surface area contributed by atoms with Gasteiger partial charge in [-0.1, -0.05) is 0 Å². The molecule has 0 aliphatic heterocycles. The molecule has 0 saturated carbocycles. The molecule has 0 unspecified atom stereocenters. The molecule has 4 heteroatoms. The van der Waals surface area contributed by atoms with Crippen LogP contribution in [0, 0.1) is 6.33 Å². The summed E-state index contributed by atoms with van der Waals surface area (Å²) in [6, 6.07) is 0. The first-order valence-corrected chi connectivity index (χ1v) is 2.32. The third kappa shape index (κ3) is 6.16. The Bertz CT molecular complexity index is 116. The molecule has 1 radical (unpaired) electrons. The Morgan fingerprint density at radius 2 is 2.11 bits per heavy atom. The van der Waals surface area contributed by atoms with Crippen molar-refractivity contribution in [3.63, 3.8) is 0 Å².